The Morgan fingerprint density at radius 3 is 3.00 bits per heavy atom. The molecule has 0 N–H and O–H groups in total. The number of fused-ring (bicyclic) bond motifs is 1. The van der Waals surface area contributed by atoms with E-state index in [9.17, 15) is 14.5 Å². The number of nitro benzene ring substituents is 1. The van der Waals surface area contributed by atoms with Crippen LogP contribution in [0.3, 0.4) is 0 Å². The molecule has 1 aromatic carbocycles. The lowest BCUT2D eigenvalue weighted by molar-refractivity contribution is -0.383. The van der Waals surface area contributed by atoms with Crippen LogP contribution in [0.15, 0.2) is 29.3 Å². The maximum atomic E-state index is 14.1. The third-order valence-electron chi connectivity index (χ3n) is 2.75. The van der Waals surface area contributed by atoms with E-state index in [1.807, 2.05) is 6.92 Å². The molecular formula is C13H12ClFN2O2S. The first-order chi connectivity index (χ1) is 9.54. The zero-order valence-electron chi connectivity index (χ0n) is 10.7. The number of non-ortho nitro benzene ring substituents is 1. The number of halogens is 2. The number of alkyl halides is 1. The average Bonchev–Trinajstić information content (AvgIpc) is 2.45. The van der Waals surface area contributed by atoms with Gasteiger partial charge in [-0.1, -0.05) is 6.92 Å². The number of nitro groups is 1. The van der Waals surface area contributed by atoms with Crippen molar-refractivity contribution in [2.75, 3.05) is 11.6 Å². The van der Waals surface area contributed by atoms with Crippen molar-refractivity contribution >= 4 is 40.0 Å². The molecule has 0 aliphatic carbocycles. The van der Waals surface area contributed by atoms with Gasteiger partial charge in [0.25, 0.3) is 5.69 Å². The summed E-state index contributed by atoms with van der Waals surface area (Å²) < 4.78 is 14.1. The Bertz CT molecular complexity index is 654. The van der Waals surface area contributed by atoms with Crippen molar-refractivity contribution in [3.8, 4) is 0 Å². The third kappa shape index (κ3) is 3.02. The van der Waals surface area contributed by atoms with Gasteiger partial charge >= 0.3 is 0 Å². The Morgan fingerprint density at radius 1 is 1.60 bits per heavy atom. The van der Waals surface area contributed by atoms with Crippen LogP contribution in [-0.4, -0.2) is 21.5 Å². The molecule has 7 heteroatoms. The monoisotopic (exact) mass is 314 g/mol. The molecule has 20 heavy (non-hydrogen) atoms. The summed E-state index contributed by atoms with van der Waals surface area (Å²) in [6.45, 7) is 1.96. The summed E-state index contributed by atoms with van der Waals surface area (Å²) in [7, 11) is 0. The first kappa shape index (κ1) is 15.0. The Morgan fingerprint density at radius 2 is 2.35 bits per heavy atom. The summed E-state index contributed by atoms with van der Waals surface area (Å²) in [5.41, 5.74) is 0.0614. The first-order valence-corrected chi connectivity index (χ1v) is 7.47. The SMILES string of the molecule is CC(CCl)CSc1c(F)cc([N+](=O)[O-])c2cccnc12. The lowest BCUT2D eigenvalue weighted by Gasteiger charge is -2.10. The Hall–Kier alpha value is -1.40. The van der Waals surface area contributed by atoms with Gasteiger partial charge in [0.2, 0.25) is 0 Å². The fourth-order valence-corrected chi connectivity index (χ4v) is 3.03. The molecule has 4 nitrogen and oxygen atoms in total. The van der Waals surface area contributed by atoms with E-state index in [1.54, 1.807) is 12.1 Å². The summed E-state index contributed by atoms with van der Waals surface area (Å²) >= 11 is 7.02. The number of pyridine rings is 1. The summed E-state index contributed by atoms with van der Waals surface area (Å²) in [6, 6.07) is 4.13. The predicted molar refractivity (Wildman–Crippen MR) is 79.0 cm³/mol. The maximum Gasteiger partial charge on any atom is 0.281 e. The molecule has 0 spiro atoms. The summed E-state index contributed by atoms with van der Waals surface area (Å²) in [5.74, 6) is 0.710. The number of rotatable bonds is 5. The van der Waals surface area contributed by atoms with Gasteiger partial charge < -0.3 is 0 Å². The van der Waals surface area contributed by atoms with E-state index in [4.69, 9.17) is 11.6 Å². The highest BCUT2D eigenvalue weighted by molar-refractivity contribution is 7.99. The van der Waals surface area contributed by atoms with Crippen LogP contribution < -0.4 is 0 Å². The van der Waals surface area contributed by atoms with Crippen molar-refractivity contribution in [1.82, 2.24) is 4.98 Å². The fraction of sp³-hybridized carbons (Fsp3) is 0.308. The van der Waals surface area contributed by atoms with Crippen molar-refractivity contribution in [2.24, 2.45) is 5.92 Å². The van der Waals surface area contributed by atoms with Crippen molar-refractivity contribution in [2.45, 2.75) is 11.8 Å². The van der Waals surface area contributed by atoms with E-state index < -0.39 is 10.7 Å². The molecule has 0 radical (unpaired) electrons. The largest absolute Gasteiger partial charge is 0.281 e. The van der Waals surface area contributed by atoms with Crippen LogP contribution in [0.25, 0.3) is 10.9 Å². The highest BCUT2D eigenvalue weighted by atomic mass is 35.5. The number of thioether (sulfide) groups is 1. The molecule has 0 bridgehead atoms. The normalized spacial score (nSPS) is 12.6. The zero-order chi connectivity index (χ0) is 14.7. The zero-order valence-corrected chi connectivity index (χ0v) is 12.2. The van der Waals surface area contributed by atoms with Gasteiger partial charge in [0.1, 0.15) is 5.82 Å². The number of nitrogens with zero attached hydrogens (tertiary/aromatic N) is 2. The van der Waals surface area contributed by atoms with Crippen molar-refractivity contribution in [3.05, 3.63) is 40.3 Å². The van der Waals surface area contributed by atoms with E-state index in [-0.39, 0.29) is 11.6 Å². The molecule has 2 aromatic rings. The molecule has 1 atom stereocenters. The maximum absolute atomic E-state index is 14.1. The summed E-state index contributed by atoms with van der Waals surface area (Å²) in [5, 5.41) is 11.3. The average molecular weight is 315 g/mol. The summed E-state index contributed by atoms with van der Waals surface area (Å²) in [4.78, 5) is 14.8. The molecule has 1 unspecified atom stereocenters. The topological polar surface area (TPSA) is 56.0 Å². The highest BCUT2D eigenvalue weighted by Crippen LogP contribution is 2.35. The molecule has 0 fully saturated rings. The molecule has 0 aliphatic heterocycles. The second-order valence-corrected chi connectivity index (χ2v) is 5.77. The second-order valence-electron chi connectivity index (χ2n) is 4.43. The van der Waals surface area contributed by atoms with E-state index >= 15 is 0 Å². The lowest BCUT2D eigenvalue weighted by Crippen LogP contribution is -2.01. The van der Waals surface area contributed by atoms with Gasteiger partial charge in [-0.2, -0.15) is 0 Å². The molecule has 1 aromatic heterocycles. The second kappa shape index (κ2) is 6.37. The number of hydrogen-bond acceptors (Lipinski definition) is 4. The van der Waals surface area contributed by atoms with Crippen LogP contribution in [0.1, 0.15) is 6.92 Å². The molecule has 0 saturated heterocycles. The first-order valence-electron chi connectivity index (χ1n) is 5.95. The van der Waals surface area contributed by atoms with Crippen molar-refractivity contribution in [3.63, 3.8) is 0 Å². The van der Waals surface area contributed by atoms with Crippen LogP contribution in [0.5, 0.6) is 0 Å². The minimum absolute atomic E-state index is 0.218. The molecule has 2 rings (SSSR count). The molecule has 0 saturated carbocycles. The molecule has 106 valence electrons. The van der Waals surface area contributed by atoms with Crippen molar-refractivity contribution in [1.29, 1.82) is 0 Å². The van der Waals surface area contributed by atoms with Crippen LogP contribution in [-0.2, 0) is 0 Å². The standard InChI is InChI=1S/C13H12ClFN2O2S/c1-8(6-14)7-20-13-10(15)5-11(17(18)19)9-3-2-4-16-12(9)13/h2-5,8H,6-7H2,1H3. The van der Waals surface area contributed by atoms with E-state index in [1.165, 1.54) is 18.0 Å². The Labute approximate surface area is 124 Å². The molecule has 0 aliphatic rings. The van der Waals surface area contributed by atoms with Crippen molar-refractivity contribution < 1.29 is 9.31 Å². The quantitative estimate of drug-likeness (QED) is 0.358. The smallest absolute Gasteiger partial charge is 0.258 e. The number of hydrogen-bond donors (Lipinski definition) is 0. The molecule has 0 amide bonds. The lowest BCUT2D eigenvalue weighted by atomic mass is 10.2. The van der Waals surface area contributed by atoms with E-state index in [0.717, 1.165) is 6.07 Å². The Balaban J connectivity index is 2.52. The third-order valence-corrected chi connectivity index (χ3v) is 4.69. The number of aromatic nitrogens is 1. The molecular weight excluding hydrogens is 303 g/mol. The fourth-order valence-electron chi connectivity index (χ4n) is 1.73. The van der Waals surface area contributed by atoms with Gasteiger partial charge in [0, 0.05) is 17.8 Å². The Kier molecular flexibility index (Phi) is 4.77. The van der Waals surface area contributed by atoms with Crippen LogP contribution >= 0.6 is 23.4 Å². The summed E-state index contributed by atoms with van der Waals surface area (Å²) in [6.07, 6.45) is 1.50. The highest BCUT2D eigenvalue weighted by Gasteiger charge is 2.20. The van der Waals surface area contributed by atoms with Crippen LogP contribution in [0, 0.1) is 21.8 Å². The number of benzene rings is 1. The molecule has 1 heterocycles. The minimum atomic E-state index is -0.616. The van der Waals surface area contributed by atoms with E-state index in [0.29, 0.717) is 27.4 Å². The van der Waals surface area contributed by atoms with Gasteiger partial charge in [-0.25, -0.2) is 4.39 Å². The van der Waals surface area contributed by atoms with Gasteiger partial charge in [0.05, 0.1) is 26.8 Å². The van der Waals surface area contributed by atoms with Crippen LogP contribution in [0.2, 0.25) is 0 Å². The van der Waals surface area contributed by atoms with Gasteiger partial charge in [-0.3, -0.25) is 15.1 Å². The van der Waals surface area contributed by atoms with Crippen LogP contribution in [0.4, 0.5) is 10.1 Å². The van der Waals surface area contributed by atoms with Gasteiger partial charge in [0.15, 0.2) is 0 Å². The minimum Gasteiger partial charge on any atom is -0.258 e. The van der Waals surface area contributed by atoms with E-state index in [2.05, 4.69) is 4.98 Å². The van der Waals surface area contributed by atoms with Gasteiger partial charge in [-0.05, 0) is 18.1 Å². The van der Waals surface area contributed by atoms with Gasteiger partial charge in [-0.15, -0.1) is 23.4 Å². The predicted octanol–water partition coefficient (Wildman–Crippen LogP) is 4.25.